The number of para-hydroxylation sites is 2. The zero-order chi connectivity index (χ0) is 34.1. The quantitative estimate of drug-likeness (QED) is 0.0749. The maximum Gasteiger partial charge on any atom is 0.327 e. The highest BCUT2D eigenvalue weighted by Crippen LogP contribution is 2.21. The molecule has 16 heteroatoms. The Labute approximate surface area is 286 Å². The molecule has 4 rings (SSSR count). The predicted molar refractivity (Wildman–Crippen MR) is 189 cm³/mol. The molecule has 2 aromatic carbocycles. The van der Waals surface area contributed by atoms with Crippen LogP contribution in [-0.4, -0.2) is 92.1 Å². The highest BCUT2D eigenvalue weighted by Gasteiger charge is 2.32. The molecule has 0 fully saturated rings. The first kappa shape index (κ1) is 35.7. The Balaban J connectivity index is 1.64. The molecule has 47 heavy (non-hydrogen) atoms. The van der Waals surface area contributed by atoms with Crippen LogP contribution in [0.5, 0.6) is 0 Å². The van der Waals surface area contributed by atoms with Crippen molar-refractivity contribution in [3.63, 3.8) is 0 Å². The number of benzene rings is 2. The maximum atomic E-state index is 14.0. The number of carboxylic acids is 1. The molecule has 4 amide bonds. The van der Waals surface area contributed by atoms with E-state index in [2.05, 4.69) is 69.1 Å². The number of aromatic amines is 2. The molecule has 0 bridgehead atoms. The van der Waals surface area contributed by atoms with E-state index in [9.17, 15) is 29.1 Å². The lowest BCUT2D eigenvalue weighted by molar-refractivity contribution is -0.141. The van der Waals surface area contributed by atoms with E-state index < -0.39 is 59.8 Å². The van der Waals surface area contributed by atoms with Crippen LogP contribution in [0, 0.1) is 0 Å². The number of aliphatic carboxylic acids is 1. The van der Waals surface area contributed by atoms with Crippen molar-refractivity contribution in [2.75, 3.05) is 17.3 Å². The van der Waals surface area contributed by atoms with Gasteiger partial charge >= 0.3 is 5.97 Å². The van der Waals surface area contributed by atoms with Gasteiger partial charge in [0.15, 0.2) is 0 Å². The van der Waals surface area contributed by atoms with E-state index in [-0.39, 0.29) is 30.1 Å². The minimum Gasteiger partial charge on any atom is -0.480 e. The van der Waals surface area contributed by atoms with Gasteiger partial charge in [-0.15, -0.1) is 0 Å². The summed E-state index contributed by atoms with van der Waals surface area (Å²) in [6, 6.07) is 8.97. The fourth-order valence-corrected chi connectivity index (χ4v) is 5.69. The molecule has 2 aromatic heterocycles. The minimum absolute atomic E-state index is 0.00515. The zero-order valence-electron chi connectivity index (χ0n) is 25.1. The molecule has 0 unspecified atom stereocenters. The van der Waals surface area contributed by atoms with Gasteiger partial charge in [-0.1, -0.05) is 36.4 Å². The van der Waals surface area contributed by atoms with Gasteiger partial charge in [0.2, 0.25) is 23.6 Å². The van der Waals surface area contributed by atoms with E-state index in [1.54, 1.807) is 12.4 Å². The van der Waals surface area contributed by atoms with E-state index in [1.165, 1.54) is 0 Å². The first-order valence-corrected chi connectivity index (χ1v) is 16.6. The Bertz CT molecular complexity index is 1740. The lowest BCUT2D eigenvalue weighted by Gasteiger charge is -2.26. The first-order valence-electron chi connectivity index (χ1n) is 14.7. The van der Waals surface area contributed by atoms with Crippen molar-refractivity contribution in [3.05, 3.63) is 72.1 Å². The molecule has 0 radical (unpaired) electrons. The smallest absolute Gasteiger partial charge is 0.327 e. The molecule has 9 N–H and O–H groups in total. The summed E-state index contributed by atoms with van der Waals surface area (Å²) in [6.45, 7) is 0. The van der Waals surface area contributed by atoms with Crippen LogP contribution in [0.2, 0.25) is 0 Å². The number of carbonyl (C=O) groups excluding carboxylic acids is 4. The summed E-state index contributed by atoms with van der Waals surface area (Å²) in [6.07, 6.45) is 3.46. The second-order valence-electron chi connectivity index (χ2n) is 10.9. The van der Waals surface area contributed by atoms with Gasteiger partial charge in [0, 0.05) is 64.3 Å². The lowest BCUT2D eigenvalue weighted by atomic mass is 10.0. The minimum atomic E-state index is -1.31. The third kappa shape index (κ3) is 9.03. The highest BCUT2D eigenvalue weighted by atomic mass is 32.1. The Morgan fingerprint density at radius 2 is 1.02 bits per heavy atom. The van der Waals surface area contributed by atoms with Crippen molar-refractivity contribution >= 4 is 89.3 Å². The van der Waals surface area contributed by atoms with Crippen molar-refractivity contribution in [2.45, 2.75) is 43.1 Å². The molecule has 0 spiro atoms. The topological polar surface area (TPSA) is 211 Å². The van der Waals surface area contributed by atoms with Gasteiger partial charge in [-0.25, -0.2) is 4.79 Å². The van der Waals surface area contributed by atoms with E-state index >= 15 is 0 Å². The molecule has 5 atom stereocenters. The largest absolute Gasteiger partial charge is 0.480 e. The number of amides is 4. The molecule has 0 aliphatic carbocycles. The molecular formula is C31H37N7O6S3. The number of carbonyl (C=O) groups is 5. The number of hydrogen-bond acceptors (Lipinski definition) is 9. The number of nitrogens with one attached hydrogen (secondary N) is 6. The van der Waals surface area contributed by atoms with Crippen LogP contribution in [0.1, 0.15) is 11.1 Å². The fraction of sp³-hybridized carbons (Fsp3) is 0.323. The fourth-order valence-electron chi connectivity index (χ4n) is 5.02. The van der Waals surface area contributed by atoms with Crippen LogP contribution in [0.4, 0.5) is 0 Å². The van der Waals surface area contributed by atoms with Crippen LogP contribution in [-0.2, 0) is 36.8 Å². The third-order valence-electron chi connectivity index (χ3n) is 7.61. The number of nitrogens with two attached hydrogens (primary N) is 1. The van der Waals surface area contributed by atoms with Gasteiger partial charge in [0.1, 0.15) is 24.2 Å². The Morgan fingerprint density at radius 1 is 0.617 bits per heavy atom. The van der Waals surface area contributed by atoms with Crippen molar-refractivity contribution in [1.29, 1.82) is 0 Å². The average Bonchev–Trinajstić information content (AvgIpc) is 3.68. The molecule has 0 saturated heterocycles. The first-order chi connectivity index (χ1) is 22.6. The van der Waals surface area contributed by atoms with Gasteiger partial charge in [-0.3, -0.25) is 19.2 Å². The molecule has 13 nitrogen and oxygen atoms in total. The normalized spacial score (nSPS) is 14.5. The predicted octanol–water partition coefficient (Wildman–Crippen LogP) is 0.575. The molecule has 250 valence electrons. The molecular weight excluding hydrogens is 663 g/mol. The number of hydrogen-bond donors (Lipinski definition) is 11. The third-order valence-corrected chi connectivity index (χ3v) is 8.73. The van der Waals surface area contributed by atoms with Crippen LogP contribution < -0.4 is 27.0 Å². The Morgan fingerprint density at radius 3 is 1.45 bits per heavy atom. The van der Waals surface area contributed by atoms with Crippen molar-refractivity contribution < 1.29 is 29.1 Å². The number of H-pyrrole nitrogens is 2. The second kappa shape index (κ2) is 16.6. The summed E-state index contributed by atoms with van der Waals surface area (Å²) in [5.41, 5.74) is 8.80. The number of carboxylic acid groups (broad SMARTS) is 1. The van der Waals surface area contributed by atoms with Gasteiger partial charge < -0.3 is 42.1 Å². The summed E-state index contributed by atoms with van der Waals surface area (Å²) < 4.78 is 0. The molecule has 0 aliphatic heterocycles. The van der Waals surface area contributed by atoms with Crippen LogP contribution in [0.25, 0.3) is 21.8 Å². The monoisotopic (exact) mass is 699 g/mol. The highest BCUT2D eigenvalue weighted by molar-refractivity contribution is 7.80. The lowest BCUT2D eigenvalue weighted by Crippen LogP contribution is -2.59. The van der Waals surface area contributed by atoms with Crippen LogP contribution in [0.15, 0.2) is 60.9 Å². The van der Waals surface area contributed by atoms with E-state index in [1.807, 2.05) is 48.5 Å². The number of thiol groups is 3. The van der Waals surface area contributed by atoms with Gasteiger partial charge in [-0.05, 0) is 23.3 Å². The number of fused-ring (bicyclic) bond motifs is 2. The van der Waals surface area contributed by atoms with Crippen molar-refractivity contribution in [1.82, 2.24) is 31.2 Å². The van der Waals surface area contributed by atoms with Crippen LogP contribution >= 0.6 is 37.9 Å². The summed E-state index contributed by atoms with van der Waals surface area (Å²) in [4.78, 5) is 71.4. The average molecular weight is 700 g/mol. The van der Waals surface area contributed by atoms with Crippen molar-refractivity contribution in [2.24, 2.45) is 5.73 Å². The molecule has 0 aliphatic rings. The second-order valence-corrected chi connectivity index (χ2v) is 12.0. The summed E-state index contributed by atoms with van der Waals surface area (Å²) in [5.74, 6) is -4.27. The van der Waals surface area contributed by atoms with E-state index in [4.69, 9.17) is 5.73 Å². The summed E-state index contributed by atoms with van der Waals surface area (Å²) in [7, 11) is 0. The Kier molecular flexibility index (Phi) is 12.6. The van der Waals surface area contributed by atoms with Crippen molar-refractivity contribution in [3.8, 4) is 0 Å². The molecule has 2 heterocycles. The Hall–Kier alpha value is -4.12. The maximum absolute atomic E-state index is 14.0. The van der Waals surface area contributed by atoms with E-state index in [0.717, 1.165) is 21.8 Å². The number of rotatable bonds is 16. The zero-order valence-corrected chi connectivity index (χ0v) is 27.8. The molecule has 4 aromatic rings. The molecule has 0 saturated carbocycles. The van der Waals surface area contributed by atoms with Gasteiger partial charge in [0.05, 0.1) is 6.04 Å². The van der Waals surface area contributed by atoms with Gasteiger partial charge in [0.25, 0.3) is 0 Å². The van der Waals surface area contributed by atoms with Crippen LogP contribution in [0.3, 0.4) is 0 Å². The van der Waals surface area contributed by atoms with E-state index in [0.29, 0.717) is 11.1 Å². The summed E-state index contributed by atoms with van der Waals surface area (Å²) in [5, 5.41) is 21.6. The standard InChI is InChI=1S/C31H37N7O6S3/c32-20(13-45)27(39)37-25(14-46)30(42)36-23(9-16-11-33-21-7-3-1-5-18(16)21)28(40)35-24(29(41)38-26(15-47)31(43)44)10-17-12-34-22-8-4-2-6-19(17)22/h1-8,11-12,20,23-26,33-34,45-47H,9-10,13-15,32H2,(H,35,40)(H,36,42)(H,37,39)(H,38,41)(H,43,44)/t20-,23-,24-,25-,26-/m0/s1. The SMILES string of the molecule is N[C@@H](CS)C(=O)N[C@@H](CS)C(=O)N[C@@H](Cc1c[nH]c2ccccc12)C(=O)N[C@@H](Cc1c[nH]c2ccccc12)C(=O)N[C@@H](CS)C(=O)O. The van der Waals surface area contributed by atoms with Gasteiger partial charge in [-0.2, -0.15) is 37.9 Å². The summed E-state index contributed by atoms with van der Waals surface area (Å²) >= 11 is 12.3. The number of aromatic nitrogens is 2.